The van der Waals surface area contributed by atoms with Gasteiger partial charge in [-0.2, -0.15) is 0 Å². The lowest BCUT2D eigenvalue weighted by atomic mass is 9.93. The molecule has 274 valence electrons. The van der Waals surface area contributed by atoms with Gasteiger partial charge in [0.05, 0.1) is 19.4 Å². The van der Waals surface area contributed by atoms with E-state index in [0.29, 0.717) is 48.4 Å². The molecule has 12 nitrogen and oxygen atoms in total. The Morgan fingerprint density at radius 1 is 0.981 bits per heavy atom. The van der Waals surface area contributed by atoms with E-state index >= 15 is 0 Å². The molecular formula is C38H41FN4O8S. The van der Waals surface area contributed by atoms with Gasteiger partial charge in [-0.1, -0.05) is 13.0 Å². The van der Waals surface area contributed by atoms with Crippen molar-refractivity contribution in [2.45, 2.75) is 52.7 Å². The number of nitrogens with zero attached hydrogens (tertiary/aromatic N) is 1. The molecule has 1 aliphatic heterocycles. The third-order valence-corrected chi connectivity index (χ3v) is 8.77. The van der Waals surface area contributed by atoms with E-state index in [9.17, 15) is 23.6 Å². The number of halogens is 1. The van der Waals surface area contributed by atoms with Crippen LogP contribution < -0.4 is 25.4 Å². The number of hydrogen-bond acceptors (Lipinski definition) is 10. The lowest BCUT2D eigenvalue weighted by Gasteiger charge is -2.20. The summed E-state index contributed by atoms with van der Waals surface area (Å²) in [5.41, 5.74) is 2.47. The number of carbonyl (C=O) groups is 4. The first-order valence-corrected chi connectivity index (χ1v) is 17.7. The summed E-state index contributed by atoms with van der Waals surface area (Å²) < 4.78 is 35.5. The number of esters is 1. The first kappa shape index (κ1) is 37.7. The van der Waals surface area contributed by atoms with Crippen molar-refractivity contribution in [3.05, 3.63) is 82.0 Å². The van der Waals surface area contributed by atoms with E-state index in [1.54, 1.807) is 57.2 Å². The van der Waals surface area contributed by atoms with Crippen LogP contribution in [0.3, 0.4) is 0 Å². The molecule has 4 aromatic rings. The van der Waals surface area contributed by atoms with Gasteiger partial charge in [-0.3, -0.25) is 9.59 Å². The molecule has 0 fully saturated rings. The molecule has 2 aromatic carbocycles. The number of pyridine rings is 1. The summed E-state index contributed by atoms with van der Waals surface area (Å²) in [7, 11) is 1.20. The Morgan fingerprint density at radius 3 is 2.52 bits per heavy atom. The highest BCUT2D eigenvalue weighted by atomic mass is 32.1. The van der Waals surface area contributed by atoms with Gasteiger partial charge in [0.1, 0.15) is 36.1 Å². The fraction of sp³-hybridized carbons (Fsp3) is 0.342. The van der Waals surface area contributed by atoms with Gasteiger partial charge in [0.2, 0.25) is 0 Å². The van der Waals surface area contributed by atoms with Crippen LogP contribution in [0.25, 0.3) is 21.6 Å². The number of aromatic nitrogens is 1. The third-order valence-electron chi connectivity index (χ3n) is 7.78. The number of hydrogen-bond donors (Lipinski definition) is 3. The predicted octanol–water partition coefficient (Wildman–Crippen LogP) is 6.96. The molecule has 0 spiro atoms. The average molecular weight is 733 g/mol. The van der Waals surface area contributed by atoms with E-state index in [1.807, 2.05) is 18.4 Å². The minimum absolute atomic E-state index is 0.00809. The summed E-state index contributed by atoms with van der Waals surface area (Å²) in [4.78, 5) is 57.9. The maximum atomic E-state index is 14.4. The zero-order valence-electron chi connectivity index (χ0n) is 29.6. The number of rotatable bonds is 12. The number of methoxy groups -OCH3 is 1. The first-order chi connectivity index (χ1) is 24.9. The van der Waals surface area contributed by atoms with Gasteiger partial charge < -0.3 is 34.9 Å². The zero-order valence-corrected chi connectivity index (χ0v) is 30.5. The normalized spacial score (nSPS) is 12.0. The van der Waals surface area contributed by atoms with Gasteiger partial charge in [-0.25, -0.2) is 19.0 Å². The topological polar surface area (TPSA) is 154 Å². The molecule has 0 bridgehead atoms. The second kappa shape index (κ2) is 16.7. The van der Waals surface area contributed by atoms with Crippen molar-refractivity contribution in [3.63, 3.8) is 0 Å². The largest absolute Gasteiger partial charge is 0.493 e. The summed E-state index contributed by atoms with van der Waals surface area (Å²) in [5.74, 6) is -1.17. The van der Waals surface area contributed by atoms with Crippen LogP contribution in [0, 0.1) is 0 Å². The number of carbonyl (C=O) groups excluding carboxylic acids is 4. The second-order valence-electron chi connectivity index (χ2n) is 12.8. The molecule has 0 radical (unpaired) electrons. The van der Waals surface area contributed by atoms with Gasteiger partial charge in [0.15, 0.2) is 5.69 Å². The van der Waals surface area contributed by atoms with Gasteiger partial charge in [0, 0.05) is 46.6 Å². The highest BCUT2D eigenvalue weighted by molar-refractivity contribution is 7.13. The Bertz CT molecular complexity index is 1970. The van der Waals surface area contributed by atoms with Gasteiger partial charge in [0.25, 0.3) is 11.8 Å². The quantitative estimate of drug-likeness (QED) is 0.131. The Kier molecular flexibility index (Phi) is 12.1. The molecule has 14 heteroatoms. The van der Waals surface area contributed by atoms with E-state index in [-0.39, 0.29) is 47.1 Å². The lowest BCUT2D eigenvalue weighted by molar-refractivity contribution is 0.0521. The lowest BCUT2D eigenvalue weighted by Crippen LogP contribution is -2.32. The van der Waals surface area contributed by atoms with Crippen molar-refractivity contribution in [2.75, 3.05) is 38.9 Å². The molecule has 3 amide bonds. The van der Waals surface area contributed by atoms with E-state index < -0.39 is 36.2 Å². The smallest absolute Gasteiger partial charge is 0.407 e. The van der Waals surface area contributed by atoms with E-state index in [2.05, 4.69) is 20.9 Å². The van der Waals surface area contributed by atoms with Crippen LogP contribution >= 0.6 is 11.3 Å². The van der Waals surface area contributed by atoms with Crippen molar-refractivity contribution in [1.82, 2.24) is 15.6 Å². The molecule has 1 aliphatic rings. The van der Waals surface area contributed by atoms with Crippen LogP contribution in [0.4, 0.5) is 14.9 Å². The second-order valence-corrected chi connectivity index (χ2v) is 13.7. The fourth-order valence-electron chi connectivity index (χ4n) is 5.44. The number of thiophene rings is 1. The first-order valence-electron chi connectivity index (χ1n) is 16.8. The number of ether oxygens (including phenoxy) is 4. The number of alkyl halides is 1. The molecular weight excluding hydrogens is 692 g/mol. The summed E-state index contributed by atoms with van der Waals surface area (Å²) >= 11 is 1.52. The fourth-order valence-corrected chi connectivity index (χ4v) is 6.41. The van der Waals surface area contributed by atoms with Crippen molar-refractivity contribution in [3.8, 4) is 33.1 Å². The van der Waals surface area contributed by atoms with Gasteiger partial charge in [-0.05, 0) is 86.2 Å². The molecule has 0 saturated carbocycles. The van der Waals surface area contributed by atoms with Crippen LogP contribution in [0.15, 0.2) is 53.9 Å². The van der Waals surface area contributed by atoms with Crippen LogP contribution in [0.5, 0.6) is 11.5 Å². The van der Waals surface area contributed by atoms with Crippen molar-refractivity contribution >= 4 is 40.9 Å². The highest BCUT2D eigenvalue weighted by Crippen LogP contribution is 2.43. The molecule has 2 aromatic heterocycles. The minimum Gasteiger partial charge on any atom is -0.493 e. The number of alkyl carbamates (subject to hydrolysis) is 1. The highest BCUT2D eigenvalue weighted by Gasteiger charge is 2.27. The maximum Gasteiger partial charge on any atom is 0.407 e. The summed E-state index contributed by atoms with van der Waals surface area (Å²) in [6.45, 7) is 7.02. The SMILES string of the molecule is CCCNC(=O)c1ccc(-c2cc3c(cc2C(=O)Nc2ccc(CNC(=O)OC(C)(C)C)cc2OCCF)-c2sccc2CCO3)c(C(=O)OC)n1. The summed E-state index contributed by atoms with van der Waals surface area (Å²) in [6, 6.07) is 13.3. The Morgan fingerprint density at radius 2 is 1.79 bits per heavy atom. The predicted molar refractivity (Wildman–Crippen MR) is 195 cm³/mol. The molecule has 0 unspecified atom stereocenters. The molecule has 0 saturated heterocycles. The molecule has 0 atom stereocenters. The van der Waals surface area contributed by atoms with E-state index in [4.69, 9.17) is 18.9 Å². The number of amides is 3. The molecule has 5 rings (SSSR count). The summed E-state index contributed by atoms with van der Waals surface area (Å²) in [6.07, 6.45) is 0.755. The number of benzene rings is 2. The standard InChI is InChI=1S/C38H41FN4O8S/c1-6-14-40-35(45)29-10-8-24(32(42-29)36(46)48-5)25-20-30-27(33-23(11-15-49-30)12-17-52-33)19-26(25)34(44)43-28-9-7-22(18-31(28)50-16-13-39)21-41-37(47)51-38(2,3)4/h7-10,12,17-20H,6,11,13-16,21H2,1-5H3,(H,40,45)(H,41,47)(H,43,44). The van der Waals surface area contributed by atoms with E-state index in [0.717, 1.165) is 10.4 Å². The molecule has 0 aliphatic carbocycles. The van der Waals surface area contributed by atoms with Gasteiger partial charge in [-0.15, -0.1) is 11.3 Å². The van der Waals surface area contributed by atoms with Crippen molar-refractivity contribution in [1.29, 1.82) is 0 Å². The number of nitrogens with one attached hydrogen (secondary N) is 3. The third kappa shape index (κ3) is 9.04. The zero-order chi connectivity index (χ0) is 37.4. The van der Waals surface area contributed by atoms with Crippen molar-refractivity contribution in [2.24, 2.45) is 0 Å². The van der Waals surface area contributed by atoms with Crippen molar-refractivity contribution < 1.29 is 42.5 Å². The van der Waals surface area contributed by atoms with Crippen LogP contribution in [-0.2, 0) is 22.4 Å². The Hall–Kier alpha value is -5.50. The monoisotopic (exact) mass is 732 g/mol. The summed E-state index contributed by atoms with van der Waals surface area (Å²) in [5, 5.41) is 10.3. The van der Waals surface area contributed by atoms with E-state index in [1.165, 1.54) is 24.5 Å². The van der Waals surface area contributed by atoms with Crippen LogP contribution in [0.2, 0.25) is 0 Å². The minimum atomic E-state index is -0.805. The Balaban J connectivity index is 1.58. The molecule has 3 heterocycles. The maximum absolute atomic E-state index is 14.4. The number of fused-ring (bicyclic) bond motifs is 3. The molecule has 52 heavy (non-hydrogen) atoms. The van der Waals surface area contributed by atoms with Gasteiger partial charge >= 0.3 is 12.1 Å². The average Bonchev–Trinajstić information content (AvgIpc) is 3.52. The Labute approximate surface area is 305 Å². The van der Waals surface area contributed by atoms with Crippen LogP contribution in [-0.4, -0.2) is 68.0 Å². The van der Waals surface area contributed by atoms with Crippen LogP contribution in [0.1, 0.15) is 76.6 Å². The number of anilines is 1. The molecule has 3 N–H and O–H groups in total.